The second-order valence-electron chi connectivity index (χ2n) is 4.55. The van der Waals surface area contributed by atoms with Crippen molar-refractivity contribution >= 4 is 5.91 Å². The fraction of sp³-hybridized carbons (Fsp3) is 0.462. The van der Waals surface area contributed by atoms with Crippen molar-refractivity contribution in [3.05, 3.63) is 29.8 Å². The van der Waals surface area contributed by atoms with Crippen molar-refractivity contribution in [3.63, 3.8) is 0 Å². The summed E-state index contributed by atoms with van der Waals surface area (Å²) in [6, 6.07) is 6.82. The lowest BCUT2D eigenvalue weighted by atomic mass is 10.0. The number of hydrogen-bond acceptors (Lipinski definition) is 4. The highest BCUT2D eigenvalue weighted by molar-refractivity contribution is 5.77. The van der Waals surface area contributed by atoms with Gasteiger partial charge in [-0.05, 0) is 25.0 Å². The molecule has 0 bridgehead atoms. The third kappa shape index (κ3) is 4.01. The van der Waals surface area contributed by atoms with Crippen molar-refractivity contribution < 1.29 is 20.1 Å². The molecule has 0 spiro atoms. The highest BCUT2D eigenvalue weighted by Crippen LogP contribution is 2.17. The van der Waals surface area contributed by atoms with Gasteiger partial charge in [0, 0.05) is 6.42 Å². The van der Waals surface area contributed by atoms with Crippen LogP contribution in [-0.4, -0.2) is 40.0 Å². The van der Waals surface area contributed by atoms with E-state index in [1.54, 1.807) is 31.2 Å². The van der Waals surface area contributed by atoms with Crippen LogP contribution in [0.2, 0.25) is 0 Å². The normalized spacial score (nSPS) is 11.3. The standard InChI is InChI=1S/C13H19NO4/c1-13(8-15,9-16)14-12(18)7-6-10-4-2-3-5-11(10)17/h2-5,15-17H,6-9H2,1H3,(H,14,18). The van der Waals surface area contributed by atoms with E-state index >= 15 is 0 Å². The summed E-state index contributed by atoms with van der Waals surface area (Å²) in [5.74, 6) is -0.110. The van der Waals surface area contributed by atoms with E-state index in [0.29, 0.717) is 12.0 Å². The summed E-state index contributed by atoms with van der Waals surface area (Å²) in [5.41, 5.74) is -0.308. The molecule has 1 rings (SSSR count). The summed E-state index contributed by atoms with van der Waals surface area (Å²) in [7, 11) is 0. The topological polar surface area (TPSA) is 89.8 Å². The average Bonchev–Trinajstić information content (AvgIpc) is 2.37. The first-order valence-corrected chi connectivity index (χ1v) is 5.80. The molecule has 1 aromatic carbocycles. The van der Waals surface area contributed by atoms with Gasteiger partial charge in [0.1, 0.15) is 5.75 Å². The summed E-state index contributed by atoms with van der Waals surface area (Å²) >= 11 is 0. The Kier molecular flexibility index (Phi) is 5.12. The summed E-state index contributed by atoms with van der Waals surface area (Å²) in [6.45, 7) is 0.905. The van der Waals surface area contributed by atoms with Gasteiger partial charge in [-0.2, -0.15) is 0 Å². The quantitative estimate of drug-likeness (QED) is 0.582. The lowest BCUT2D eigenvalue weighted by Crippen LogP contribution is -2.51. The first-order chi connectivity index (χ1) is 8.50. The maximum atomic E-state index is 11.6. The van der Waals surface area contributed by atoms with E-state index in [9.17, 15) is 9.90 Å². The fourth-order valence-corrected chi connectivity index (χ4v) is 1.50. The zero-order chi connectivity index (χ0) is 13.6. The summed E-state index contributed by atoms with van der Waals surface area (Å²) in [5, 5.41) is 30.2. The number of nitrogens with one attached hydrogen (secondary N) is 1. The molecule has 0 aliphatic carbocycles. The molecule has 0 saturated heterocycles. The number of carbonyl (C=O) groups excluding carboxylic acids is 1. The molecule has 0 aliphatic heterocycles. The van der Waals surface area contributed by atoms with Crippen molar-refractivity contribution in [2.75, 3.05) is 13.2 Å². The molecule has 1 aromatic rings. The molecular formula is C13H19NO4. The van der Waals surface area contributed by atoms with Gasteiger partial charge in [0.05, 0.1) is 18.8 Å². The van der Waals surface area contributed by atoms with E-state index in [4.69, 9.17) is 10.2 Å². The summed E-state index contributed by atoms with van der Waals surface area (Å²) in [4.78, 5) is 11.6. The van der Waals surface area contributed by atoms with Crippen LogP contribution in [0.3, 0.4) is 0 Å². The van der Waals surface area contributed by atoms with Crippen molar-refractivity contribution in [1.82, 2.24) is 5.32 Å². The molecule has 0 aliphatic rings. The van der Waals surface area contributed by atoms with Crippen LogP contribution in [0.1, 0.15) is 18.9 Å². The average molecular weight is 253 g/mol. The van der Waals surface area contributed by atoms with Crippen LogP contribution < -0.4 is 5.32 Å². The third-order valence-corrected chi connectivity index (χ3v) is 2.75. The third-order valence-electron chi connectivity index (χ3n) is 2.75. The van der Waals surface area contributed by atoms with Gasteiger partial charge in [-0.25, -0.2) is 0 Å². The van der Waals surface area contributed by atoms with E-state index < -0.39 is 5.54 Å². The SMILES string of the molecule is CC(CO)(CO)NC(=O)CCc1ccccc1O. The van der Waals surface area contributed by atoms with Gasteiger partial charge in [-0.15, -0.1) is 0 Å². The van der Waals surface area contributed by atoms with Crippen LogP contribution in [0, 0.1) is 0 Å². The van der Waals surface area contributed by atoms with Crippen LogP contribution in [0.4, 0.5) is 0 Å². The van der Waals surface area contributed by atoms with Gasteiger partial charge < -0.3 is 20.6 Å². The number of aliphatic hydroxyl groups excluding tert-OH is 2. The fourth-order valence-electron chi connectivity index (χ4n) is 1.50. The molecule has 18 heavy (non-hydrogen) atoms. The molecule has 100 valence electrons. The first-order valence-electron chi connectivity index (χ1n) is 5.80. The lowest BCUT2D eigenvalue weighted by molar-refractivity contribution is -0.124. The molecule has 5 nitrogen and oxygen atoms in total. The number of phenols is 1. The molecule has 0 heterocycles. The Morgan fingerprint density at radius 2 is 1.89 bits per heavy atom. The minimum atomic E-state index is -1.00. The number of rotatable bonds is 6. The van der Waals surface area contributed by atoms with E-state index in [1.807, 2.05) is 0 Å². The molecule has 0 radical (unpaired) electrons. The van der Waals surface area contributed by atoms with Gasteiger partial charge in [0.2, 0.25) is 5.91 Å². The van der Waals surface area contributed by atoms with Crippen LogP contribution in [-0.2, 0) is 11.2 Å². The second-order valence-corrected chi connectivity index (χ2v) is 4.55. The van der Waals surface area contributed by atoms with Gasteiger partial charge in [-0.3, -0.25) is 4.79 Å². The second kappa shape index (κ2) is 6.37. The Morgan fingerprint density at radius 1 is 1.28 bits per heavy atom. The van der Waals surface area contributed by atoms with Gasteiger partial charge >= 0.3 is 0 Å². The Labute approximate surface area is 106 Å². The monoisotopic (exact) mass is 253 g/mol. The molecular weight excluding hydrogens is 234 g/mol. The molecule has 0 saturated carbocycles. The highest BCUT2D eigenvalue weighted by atomic mass is 16.3. The largest absolute Gasteiger partial charge is 0.508 e. The van der Waals surface area contributed by atoms with Crippen molar-refractivity contribution in [1.29, 1.82) is 0 Å². The summed E-state index contributed by atoms with van der Waals surface area (Å²) < 4.78 is 0. The zero-order valence-corrected chi connectivity index (χ0v) is 10.4. The molecule has 5 heteroatoms. The van der Waals surface area contributed by atoms with Crippen LogP contribution >= 0.6 is 0 Å². The predicted molar refractivity (Wildman–Crippen MR) is 67.1 cm³/mol. The maximum absolute atomic E-state index is 11.6. The first kappa shape index (κ1) is 14.5. The predicted octanol–water partition coefficient (Wildman–Crippen LogP) is 0.184. The molecule has 0 atom stereocenters. The van der Waals surface area contributed by atoms with Crippen molar-refractivity contribution in [2.45, 2.75) is 25.3 Å². The minimum absolute atomic E-state index is 0.164. The Hall–Kier alpha value is -1.59. The zero-order valence-electron chi connectivity index (χ0n) is 10.4. The molecule has 0 fully saturated rings. The Bertz CT molecular complexity index is 402. The van der Waals surface area contributed by atoms with Crippen molar-refractivity contribution in [3.8, 4) is 5.75 Å². The number of aliphatic hydroxyl groups is 2. The number of phenolic OH excluding ortho intramolecular Hbond substituents is 1. The van der Waals surface area contributed by atoms with Crippen molar-refractivity contribution in [2.24, 2.45) is 0 Å². The van der Waals surface area contributed by atoms with Gasteiger partial charge in [0.25, 0.3) is 0 Å². The number of aryl methyl sites for hydroxylation is 1. The molecule has 0 aromatic heterocycles. The van der Waals surface area contributed by atoms with E-state index in [-0.39, 0.29) is 31.3 Å². The number of aromatic hydroxyl groups is 1. The van der Waals surface area contributed by atoms with Gasteiger partial charge in [0.15, 0.2) is 0 Å². The molecule has 1 amide bonds. The maximum Gasteiger partial charge on any atom is 0.220 e. The minimum Gasteiger partial charge on any atom is -0.508 e. The number of para-hydroxylation sites is 1. The number of amides is 1. The number of carbonyl (C=O) groups is 1. The van der Waals surface area contributed by atoms with Gasteiger partial charge in [-0.1, -0.05) is 18.2 Å². The van der Waals surface area contributed by atoms with Crippen LogP contribution in [0.5, 0.6) is 5.75 Å². The van der Waals surface area contributed by atoms with E-state index in [2.05, 4.69) is 5.32 Å². The number of benzene rings is 1. The van der Waals surface area contributed by atoms with Crippen LogP contribution in [0.25, 0.3) is 0 Å². The Balaban J connectivity index is 2.50. The number of hydrogen-bond donors (Lipinski definition) is 4. The van der Waals surface area contributed by atoms with Crippen LogP contribution in [0.15, 0.2) is 24.3 Å². The highest BCUT2D eigenvalue weighted by Gasteiger charge is 2.24. The summed E-state index contributed by atoms with van der Waals surface area (Å²) in [6.07, 6.45) is 0.596. The molecule has 4 N–H and O–H groups in total. The molecule has 0 unspecified atom stereocenters. The van der Waals surface area contributed by atoms with E-state index in [0.717, 1.165) is 0 Å². The lowest BCUT2D eigenvalue weighted by Gasteiger charge is -2.26. The Morgan fingerprint density at radius 3 is 2.44 bits per heavy atom. The van der Waals surface area contributed by atoms with E-state index in [1.165, 1.54) is 0 Å². The smallest absolute Gasteiger partial charge is 0.220 e.